The summed E-state index contributed by atoms with van der Waals surface area (Å²) in [4.78, 5) is 10.4. The van der Waals surface area contributed by atoms with E-state index in [1.807, 2.05) is 24.3 Å². The van der Waals surface area contributed by atoms with Gasteiger partial charge in [-0.2, -0.15) is 9.78 Å². The molecule has 1 heterocycles. The number of hydrogen-bond acceptors (Lipinski definition) is 6. The topological polar surface area (TPSA) is 86.2 Å². The standard InChI is InChI=1S/C16H12ClN5O2S/c17-14-6-4-12(5-7-14)10-25-16-20-18-11-21(16)19-9-13-2-1-3-15(8-13)22(23)24/h1-9,11H,10H2/b19-9+. The molecule has 0 aliphatic heterocycles. The highest BCUT2D eigenvalue weighted by Gasteiger charge is 2.06. The molecule has 126 valence electrons. The quantitative estimate of drug-likeness (QED) is 0.282. The van der Waals surface area contributed by atoms with E-state index in [0.717, 1.165) is 5.56 Å². The van der Waals surface area contributed by atoms with Gasteiger partial charge in [0.15, 0.2) is 0 Å². The summed E-state index contributed by atoms with van der Waals surface area (Å²) in [6.07, 6.45) is 3.01. The lowest BCUT2D eigenvalue weighted by Gasteiger charge is -2.01. The van der Waals surface area contributed by atoms with E-state index < -0.39 is 4.92 Å². The van der Waals surface area contributed by atoms with Gasteiger partial charge in [0.2, 0.25) is 5.16 Å². The first-order valence-electron chi connectivity index (χ1n) is 7.18. The summed E-state index contributed by atoms with van der Waals surface area (Å²) in [6, 6.07) is 13.8. The predicted molar refractivity (Wildman–Crippen MR) is 97.1 cm³/mol. The van der Waals surface area contributed by atoms with Crippen molar-refractivity contribution in [2.24, 2.45) is 5.10 Å². The molecule has 9 heteroatoms. The second kappa shape index (κ2) is 7.91. The minimum Gasteiger partial charge on any atom is -0.258 e. The van der Waals surface area contributed by atoms with Gasteiger partial charge in [0, 0.05) is 28.5 Å². The predicted octanol–water partition coefficient (Wildman–Crippen LogP) is 4.01. The molecule has 0 aliphatic rings. The van der Waals surface area contributed by atoms with Crippen LogP contribution in [0.1, 0.15) is 11.1 Å². The Morgan fingerprint density at radius 3 is 2.84 bits per heavy atom. The van der Waals surface area contributed by atoms with Crippen molar-refractivity contribution in [3.8, 4) is 0 Å². The maximum Gasteiger partial charge on any atom is 0.270 e. The minimum atomic E-state index is -0.441. The van der Waals surface area contributed by atoms with Crippen molar-refractivity contribution in [2.75, 3.05) is 0 Å². The summed E-state index contributed by atoms with van der Waals surface area (Å²) in [7, 11) is 0. The summed E-state index contributed by atoms with van der Waals surface area (Å²) in [5, 5.41) is 24.3. The lowest BCUT2D eigenvalue weighted by Crippen LogP contribution is -1.94. The number of hydrogen-bond donors (Lipinski definition) is 0. The van der Waals surface area contributed by atoms with Crippen molar-refractivity contribution >= 4 is 35.3 Å². The molecule has 0 atom stereocenters. The molecule has 0 unspecified atom stereocenters. The third kappa shape index (κ3) is 4.65. The highest BCUT2D eigenvalue weighted by atomic mass is 35.5. The number of halogens is 1. The molecule has 0 radical (unpaired) electrons. The zero-order valence-electron chi connectivity index (χ0n) is 12.8. The molecule has 0 N–H and O–H groups in total. The summed E-state index contributed by atoms with van der Waals surface area (Å²) in [5.41, 5.74) is 1.74. The zero-order valence-corrected chi connectivity index (χ0v) is 14.4. The number of nitro groups is 1. The first-order chi connectivity index (χ1) is 12.1. The van der Waals surface area contributed by atoms with Gasteiger partial charge in [-0.25, -0.2) is 0 Å². The van der Waals surface area contributed by atoms with Gasteiger partial charge in [0.25, 0.3) is 5.69 Å². The van der Waals surface area contributed by atoms with Crippen molar-refractivity contribution in [1.82, 2.24) is 14.9 Å². The first-order valence-corrected chi connectivity index (χ1v) is 8.54. The van der Waals surface area contributed by atoms with Gasteiger partial charge in [-0.1, -0.05) is 47.6 Å². The second-order valence-electron chi connectivity index (χ2n) is 4.97. The van der Waals surface area contributed by atoms with Crippen molar-refractivity contribution < 1.29 is 4.92 Å². The van der Waals surface area contributed by atoms with Crippen LogP contribution in [0.25, 0.3) is 0 Å². The Bertz CT molecular complexity index is 911. The highest BCUT2D eigenvalue weighted by Crippen LogP contribution is 2.21. The number of non-ortho nitro benzene ring substituents is 1. The first kappa shape index (κ1) is 17.1. The van der Waals surface area contributed by atoms with Crippen LogP contribution in [0.2, 0.25) is 5.02 Å². The number of nitrogens with zero attached hydrogens (tertiary/aromatic N) is 5. The van der Waals surface area contributed by atoms with E-state index in [1.54, 1.807) is 12.1 Å². The number of thioether (sulfide) groups is 1. The second-order valence-corrected chi connectivity index (χ2v) is 6.35. The molecule has 3 rings (SSSR count). The van der Waals surface area contributed by atoms with Crippen LogP contribution in [0.3, 0.4) is 0 Å². The maximum atomic E-state index is 10.8. The van der Waals surface area contributed by atoms with Crippen molar-refractivity contribution in [2.45, 2.75) is 10.9 Å². The zero-order chi connectivity index (χ0) is 17.6. The summed E-state index contributed by atoms with van der Waals surface area (Å²) >= 11 is 7.35. The fourth-order valence-electron chi connectivity index (χ4n) is 1.97. The highest BCUT2D eigenvalue weighted by molar-refractivity contribution is 7.98. The number of rotatable bonds is 6. The van der Waals surface area contributed by atoms with Crippen molar-refractivity contribution in [3.63, 3.8) is 0 Å². The van der Waals surface area contributed by atoms with E-state index >= 15 is 0 Å². The maximum absolute atomic E-state index is 10.8. The van der Waals surface area contributed by atoms with Gasteiger partial charge < -0.3 is 0 Å². The fourth-order valence-corrected chi connectivity index (χ4v) is 2.92. The Kier molecular flexibility index (Phi) is 5.42. The summed E-state index contributed by atoms with van der Waals surface area (Å²) < 4.78 is 1.53. The van der Waals surface area contributed by atoms with Gasteiger partial charge in [-0.05, 0) is 17.7 Å². The Balaban J connectivity index is 1.70. The van der Waals surface area contributed by atoms with E-state index in [2.05, 4.69) is 15.3 Å². The van der Waals surface area contributed by atoms with Crippen molar-refractivity contribution in [3.05, 3.63) is 81.1 Å². The molecule has 7 nitrogen and oxygen atoms in total. The van der Waals surface area contributed by atoms with E-state index in [0.29, 0.717) is 21.5 Å². The molecule has 1 aromatic heterocycles. The lowest BCUT2D eigenvalue weighted by atomic mass is 10.2. The lowest BCUT2D eigenvalue weighted by molar-refractivity contribution is -0.384. The van der Waals surface area contributed by atoms with Crippen LogP contribution in [0, 0.1) is 10.1 Å². The van der Waals surface area contributed by atoms with E-state index in [-0.39, 0.29) is 5.69 Å². The van der Waals surface area contributed by atoms with Crippen LogP contribution in [0.15, 0.2) is 65.1 Å². The van der Waals surface area contributed by atoms with Crippen LogP contribution in [-0.2, 0) is 5.75 Å². The van der Waals surface area contributed by atoms with Gasteiger partial charge in [-0.15, -0.1) is 10.2 Å². The van der Waals surface area contributed by atoms with Gasteiger partial charge >= 0.3 is 0 Å². The van der Waals surface area contributed by atoms with Gasteiger partial charge in [-0.3, -0.25) is 10.1 Å². The molecule has 0 fully saturated rings. The largest absolute Gasteiger partial charge is 0.270 e. The molecule has 0 amide bonds. The van der Waals surface area contributed by atoms with E-state index in [9.17, 15) is 10.1 Å². The Labute approximate surface area is 152 Å². The molecule has 0 aliphatic carbocycles. The van der Waals surface area contributed by atoms with Crippen LogP contribution in [0.4, 0.5) is 5.69 Å². The van der Waals surface area contributed by atoms with E-state index in [4.69, 9.17) is 11.6 Å². The van der Waals surface area contributed by atoms with Crippen LogP contribution >= 0.6 is 23.4 Å². The molecule has 25 heavy (non-hydrogen) atoms. The molecular formula is C16H12ClN5O2S. The van der Waals surface area contributed by atoms with Crippen molar-refractivity contribution in [1.29, 1.82) is 0 Å². The summed E-state index contributed by atoms with van der Waals surface area (Å²) in [6.45, 7) is 0. The van der Waals surface area contributed by atoms with E-state index in [1.165, 1.54) is 41.1 Å². The molecular weight excluding hydrogens is 362 g/mol. The fraction of sp³-hybridized carbons (Fsp3) is 0.0625. The third-order valence-corrected chi connectivity index (χ3v) is 4.45. The molecule has 0 saturated heterocycles. The molecule has 3 aromatic rings. The Hall–Kier alpha value is -2.71. The Morgan fingerprint density at radius 2 is 2.08 bits per heavy atom. The third-order valence-electron chi connectivity index (χ3n) is 3.19. The van der Waals surface area contributed by atoms with Gasteiger partial charge in [0.05, 0.1) is 11.1 Å². The monoisotopic (exact) mass is 373 g/mol. The number of aromatic nitrogens is 3. The molecule has 0 saturated carbocycles. The normalized spacial score (nSPS) is 11.1. The molecule has 0 bridgehead atoms. The SMILES string of the molecule is O=[N+]([O-])c1cccc(/C=N/n2cnnc2SCc2ccc(Cl)cc2)c1. The summed E-state index contributed by atoms with van der Waals surface area (Å²) in [5.74, 6) is 0.697. The van der Waals surface area contributed by atoms with Gasteiger partial charge in [0.1, 0.15) is 6.33 Å². The minimum absolute atomic E-state index is 0.0186. The van der Waals surface area contributed by atoms with Crippen LogP contribution in [0.5, 0.6) is 0 Å². The van der Waals surface area contributed by atoms with Crippen LogP contribution < -0.4 is 0 Å². The smallest absolute Gasteiger partial charge is 0.258 e. The number of benzene rings is 2. The average Bonchev–Trinajstić information content (AvgIpc) is 3.07. The Morgan fingerprint density at radius 1 is 1.28 bits per heavy atom. The number of nitro benzene ring substituents is 1. The van der Waals surface area contributed by atoms with Crippen LogP contribution in [-0.4, -0.2) is 26.0 Å². The molecule has 0 spiro atoms. The average molecular weight is 374 g/mol. The molecule has 2 aromatic carbocycles.